The van der Waals surface area contributed by atoms with E-state index in [0.717, 1.165) is 0 Å². The highest BCUT2D eigenvalue weighted by Gasteiger charge is 2.44. The van der Waals surface area contributed by atoms with E-state index < -0.39 is 31.1 Å². The van der Waals surface area contributed by atoms with Gasteiger partial charge in [-0.15, -0.1) is 0 Å². The minimum Gasteiger partial charge on any atom is -0.507 e. The first-order chi connectivity index (χ1) is 13.9. The van der Waals surface area contributed by atoms with E-state index in [1.165, 1.54) is 29.4 Å². The minimum atomic E-state index is -1.27. The average Bonchev–Trinajstić information content (AvgIpc) is 3.23. The topological polar surface area (TPSA) is 166 Å². The third-order valence-electron chi connectivity index (χ3n) is 4.75. The van der Waals surface area contributed by atoms with E-state index in [1.54, 1.807) is 0 Å². The first-order valence-electron chi connectivity index (χ1n) is 8.65. The summed E-state index contributed by atoms with van der Waals surface area (Å²) in [5.41, 5.74) is 1.02. The number of aliphatic hydroxyl groups is 3. The monoisotopic (exact) mass is 515 g/mol. The van der Waals surface area contributed by atoms with Crippen LogP contribution in [0.5, 0.6) is 11.5 Å². The van der Waals surface area contributed by atoms with E-state index in [0.29, 0.717) is 26.1 Å². The third kappa shape index (κ3) is 3.57. The molecule has 0 radical (unpaired) electrons. The second-order valence-corrected chi connectivity index (χ2v) is 7.80. The molecule has 6 N–H and O–H groups in total. The van der Waals surface area contributed by atoms with Crippen LogP contribution in [0.1, 0.15) is 11.8 Å². The van der Waals surface area contributed by atoms with Crippen molar-refractivity contribution in [3.05, 3.63) is 33.9 Å². The Morgan fingerprint density at radius 1 is 1.10 bits per heavy atom. The molecule has 11 nitrogen and oxygen atoms in total. The number of anilines is 1. The summed E-state index contributed by atoms with van der Waals surface area (Å²) in [6.45, 7) is -0.354. The maximum atomic E-state index is 10.2. The zero-order valence-electron chi connectivity index (χ0n) is 14.8. The Bertz CT molecular complexity index is 1020. The molecule has 0 saturated carbocycles. The molecule has 0 unspecified atom stereocenters. The molecular weight excluding hydrogens is 497 g/mol. The first-order valence-corrected chi connectivity index (χ1v) is 9.72. The Morgan fingerprint density at radius 2 is 1.83 bits per heavy atom. The number of nitrogens with one attached hydrogen (secondary N) is 1. The number of fused-ring (bicyclic) bond motifs is 1. The molecule has 1 aliphatic heterocycles. The van der Waals surface area contributed by atoms with E-state index in [-0.39, 0.29) is 18.0 Å². The summed E-state index contributed by atoms with van der Waals surface area (Å²) in [7, 11) is 0. The van der Waals surface area contributed by atoms with E-state index >= 15 is 0 Å². The maximum absolute atomic E-state index is 10.2. The molecule has 0 aliphatic carbocycles. The zero-order valence-corrected chi connectivity index (χ0v) is 17.0. The lowest BCUT2D eigenvalue weighted by Crippen LogP contribution is -2.33. The van der Waals surface area contributed by atoms with E-state index in [1.807, 2.05) is 22.6 Å². The van der Waals surface area contributed by atoms with Crippen LogP contribution in [0.3, 0.4) is 0 Å². The van der Waals surface area contributed by atoms with Crippen LogP contribution in [0.2, 0.25) is 0 Å². The summed E-state index contributed by atoms with van der Waals surface area (Å²) in [5, 5.41) is 52.6. The molecule has 1 aliphatic rings. The number of rotatable bonds is 5. The predicted molar refractivity (Wildman–Crippen MR) is 108 cm³/mol. The molecular formula is C17H18IN5O6. The molecule has 154 valence electrons. The number of aromatic nitrogens is 4. The van der Waals surface area contributed by atoms with Gasteiger partial charge in [0.1, 0.15) is 36.1 Å². The van der Waals surface area contributed by atoms with Crippen LogP contribution < -0.4 is 5.32 Å². The van der Waals surface area contributed by atoms with Gasteiger partial charge in [-0.05, 0) is 34.7 Å². The van der Waals surface area contributed by atoms with E-state index in [4.69, 9.17) is 4.74 Å². The van der Waals surface area contributed by atoms with E-state index in [2.05, 4.69) is 20.3 Å². The minimum absolute atomic E-state index is 0.0516. The number of phenolic OH excluding ortho intramolecular Hbond substituents is 2. The molecule has 3 aromatic rings. The van der Waals surface area contributed by atoms with Crippen LogP contribution >= 0.6 is 22.6 Å². The standard InChI is InChI=1S/C17H18IN5O6/c18-7-1-9(25)8(10(26)2-7)3-19-15-12-16(21-5-20-15)23(6-22-12)17-14(28)13(27)11(4-24)29-17/h1-2,5-6,11,13-14,17,24-28H,3-4H2,(H,19,20,21)/t11-,13-,14-,17-/m1/s1. The fraction of sp³-hybridized carbons (Fsp3) is 0.353. The van der Waals surface area contributed by atoms with Gasteiger partial charge in [-0.2, -0.15) is 0 Å². The van der Waals surface area contributed by atoms with Crippen molar-refractivity contribution in [2.75, 3.05) is 11.9 Å². The zero-order chi connectivity index (χ0) is 20.7. The number of benzene rings is 1. The Balaban J connectivity index is 1.62. The van der Waals surface area contributed by atoms with Crippen molar-refractivity contribution in [2.24, 2.45) is 0 Å². The molecule has 3 heterocycles. The summed E-state index contributed by atoms with van der Waals surface area (Å²) >= 11 is 1.99. The van der Waals surface area contributed by atoms with Gasteiger partial charge in [-0.25, -0.2) is 15.0 Å². The van der Waals surface area contributed by atoms with Crippen molar-refractivity contribution in [3.63, 3.8) is 0 Å². The Morgan fingerprint density at radius 3 is 2.48 bits per heavy atom. The Kier molecular flexibility index (Phi) is 5.44. The van der Waals surface area contributed by atoms with Crippen LogP contribution in [-0.2, 0) is 11.3 Å². The van der Waals surface area contributed by atoms with Crippen LogP contribution in [0.15, 0.2) is 24.8 Å². The van der Waals surface area contributed by atoms with Crippen molar-refractivity contribution in [1.82, 2.24) is 19.5 Å². The summed E-state index contributed by atoms with van der Waals surface area (Å²) in [4.78, 5) is 12.6. The van der Waals surface area contributed by atoms with Crippen molar-refractivity contribution >= 4 is 39.6 Å². The number of hydrogen-bond donors (Lipinski definition) is 6. The lowest BCUT2D eigenvalue weighted by Gasteiger charge is -2.16. The molecule has 4 atom stereocenters. The molecule has 2 aromatic heterocycles. The Hall–Kier alpha value is -2.26. The first kappa shape index (κ1) is 20.0. The van der Waals surface area contributed by atoms with E-state index in [9.17, 15) is 25.5 Å². The largest absolute Gasteiger partial charge is 0.507 e. The number of aromatic hydroxyl groups is 2. The van der Waals surface area contributed by atoms with Gasteiger partial charge in [-0.1, -0.05) is 0 Å². The maximum Gasteiger partial charge on any atom is 0.167 e. The third-order valence-corrected chi connectivity index (χ3v) is 5.37. The molecule has 1 fully saturated rings. The summed E-state index contributed by atoms with van der Waals surface area (Å²) in [6, 6.07) is 3.06. The fourth-order valence-electron chi connectivity index (χ4n) is 3.24. The number of ether oxygens (including phenoxy) is 1. The molecule has 4 rings (SSSR count). The highest BCUT2D eigenvalue weighted by molar-refractivity contribution is 14.1. The van der Waals surface area contributed by atoms with Gasteiger partial charge in [0.15, 0.2) is 23.2 Å². The summed E-state index contributed by atoms with van der Waals surface area (Å²) in [5.74, 6) is 0.242. The van der Waals surface area contributed by atoms with Crippen LogP contribution in [0.4, 0.5) is 5.82 Å². The highest BCUT2D eigenvalue weighted by Crippen LogP contribution is 2.33. The van der Waals surface area contributed by atoms with Gasteiger partial charge >= 0.3 is 0 Å². The number of phenols is 2. The lowest BCUT2D eigenvalue weighted by atomic mass is 10.1. The smallest absolute Gasteiger partial charge is 0.167 e. The van der Waals surface area contributed by atoms with Gasteiger partial charge in [0, 0.05) is 10.1 Å². The van der Waals surface area contributed by atoms with Crippen LogP contribution in [-0.4, -0.2) is 70.0 Å². The number of halogens is 1. The molecule has 0 amide bonds. The van der Waals surface area contributed by atoms with Crippen LogP contribution in [0, 0.1) is 3.57 Å². The second kappa shape index (κ2) is 7.87. The van der Waals surface area contributed by atoms with Crippen LogP contribution in [0.25, 0.3) is 11.2 Å². The molecule has 1 aromatic carbocycles. The number of imidazole rings is 1. The molecule has 0 spiro atoms. The van der Waals surface area contributed by atoms with Gasteiger partial charge in [0.25, 0.3) is 0 Å². The van der Waals surface area contributed by atoms with Gasteiger partial charge in [0.05, 0.1) is 18.5 Å². The highest BCUT2D eigenvalue weighted by atomic mass is 127. The van der Waals surface area contributed by atoms with Crippen molar-refractivity contribution in [1.29, 1.82) is 0 Å². The Labute approximate surface area is 177 Å². The average molecular weight is 515 g/mol. The fourth-order valence-corrected chi connectivity index (χ4v) is 3.83. The van der Waals surface area contributed by atoms with Gasteiger partial charge in [-0.3, -0.25) is 4.57 Å². The second-order valence-electron chi connectivity index (χ2n) is 6.55. The SMILES string of the molecule is OC[C@H]1O[C@@H](n2cnc3c(NCc4c(O)cc(I)cc4O)ncnc32)[C@H](O)[C@@H]1O. The van der Waals surface area contributed by atoms with Gasteiger partial charge < -0.3 is 35.6 Å². The van der Waals surface area contributed by atoms with Crippen molar-refractivity contribution in [2.45, 2.75) is 31.1 Å². The molecule has 1 saturated heterocycles. The molecule has 0 bridgehead atoms. The summed E-state index contributed by atoms with van der Waals surface area (Å²) in [6.07, 6.45) is -1.72. The van der Waals surface area contributed by atoms with Gasteiger partial charge in [0.2, 0.25) is 0 Å². The number of aliphatic hydroxyl groups excluding tert-OH is 3. The predicted octanol–water partition coefficient (Wildman–Crippen LogP) is 0.0657. The van der Waals surface area contributed by atoms with Crippen molar-refractivity contribution in [3.8, 4) is 11.5 Å². The molecule has 12 heteroatoms. The molecule has 29 heavy (non-hydrogen) atoms. The van der Waals surface area contributed by atoms with Crippen molar-refractivity contribution < 1.29 is 30.3 Å². The number of hydrogen-bond acceptors (Lipinski definition) is 10. The summed E-state index contributed by atoms with van der Waals surface area (Å²) < 4.78 is 7.67. The number of nitrogens with zero attached hydrogens (tertiary/aromatic N) is 4. The quantitative estimate of drug-likeness (QED) is 0.256. The lowest BCUT2D eigenvalue weighted by molar-refractivity contribution is -0.0511. The normalized spacial score (nSPS) is 24.3.